The molecule has 0 bridgehead atoms. The number of carbonyl (C=O) groups is 1. The van der Waals surface area contributed by atoms with Crippen LogP contribution in [-0.2, 0) is 16.0 Å². The molecule has 11 nitrogen and oxygen atoms in total. The predicted octanol–water partition coefficient (Wildman–Crippen LogP) is 0.477. The third-order valence-electron chi connectivity index (χ3n) is 6.97. The van der Waals surface area contributed by atoms with Gasteiger partial charge in [0, 0.05) is 56.2 Å². The Labute approximate surface area is 199 Å². The summed E-state index contributed by atoms with van der Waals surface area (Å²) in [5.74, 6) is 1.53. The first kappa shape index (κ1) is 22.7. The molecule has 2 saturated heterocycles. The van der Waals surface area contributed by atoms with Crippen LogP contribution in [0.2, 0.25) is 0 Å². The van der Waals surface area contributed by atoms with Crippen molar-refractivity contribution in [1.82, 2.24) is 24.8 Å². The third kappa shape index (κ3) is 4.03. The van der Waals surface area contributed by atoms with Crippen molar-refractivity contribution in [1.29, 1.82) is 0 Å². The average Bonchev–Trinajstić information content (AvgIpc) is 3.43. The fourth-order valence-electron chi connectivity index (χ4n) is 5.10. The van der Waals surface area contributed by atoms with Gasteiger partial charge in [0.25, 0.3) is 5.91 Å². The van der Waals surface area contributed by atoms with Crippen molar-refractivity contribution in [3.63, 3.8) is 0 Å². The average molecular weight is 469 g/mol. The van der Waals surface area contributed by atoms with Crippen LogP contribution in [0.4, 0.5) is 17.7 Å². The van der Waals surface area contributed by atoms with Gasteiger partial charge in [-0.25, -0.2) is 15.0 Å². The zero-order chi connectivity index (χ0) is 24.1. The number of nitrogens with zero attached hydrogens (tertiary/aromatic N) is 7. The van der Waals surface area contributed by atoms with Crippen molar-refractivity contribution in [2.75, 3.05) is 61.5 Å². The molecule has 3 N–H and O–H groups in total. The van der Waals surface area contributed by atoms with Crippen molar-refractivity contribution in [3.8, 4) is 11.3 Å². The van der Waals surface area contributed by atoms with Crippen LogP contribution in [0.3, 0.4) is 0 Å². The molecule has 11 heteroatoms. The van der Waals surface area contributed by atoms with Crippen molar-refractivity contribution >= 4 is 23.6 Å². The Kier molecular flexibility index (Phi) is 5.56. The Morgan fingerprint density at radius 3 is 2.53 bits per heavy atom. The number of anilines is 3. The summed E-state index contributed by atoms with van der Waals surface area (Å²) >= 11 is 0. The second-order valence-corrected chi connectivity index (χ2v) is 10.0. The Morgan fingerprint density at radius 2 is 1.85 bits per heavy atom. The first-order valence-corrected chi connectivity index (χ1v) is 11.8. The van der Waals surface area contributed by atoms with E-state index in [0.29, 0.717) is 32.3 Å². The molecule has 0 aliphatic carbocycles. The molecule has 2 aromatic rings. The largest absolute Gasteiger partial charge is 0.381 e. The van der Waals surface area contributed by atoms with E-state index in [-0.39, 0.29) is 17.4 Å². The quantitative estimate of drug-likeness (QED) is 0.652. The van der Waals surface area contributed by atoms with E-state index in [9.17, 15) is 9.90 Å². The normalized spacial score (nSPS) is 22.9. The number of morpholine rings is 1. The Hall–Kier alpha value is -3.05. The summed E-state index contributed by atoms with van der Waals surface area (Å²) in [6.45, 7) is 9.88. The summed E-state index contributed by atoms with van der Waals surface area (Å²) in [6, 6.07) is 0. The van der Waals surface area contributed by atoms with E-state index >= 15 is 0 Å². The highest BCUT2D eigenvalue weighted by molar-refractivity contribution is 5.84. The van der Waals surface area contributed by atoms with Crippen LogP contribution in [0.1, 0.15) is 32.8 Å². The fraction of sp³-hybridized carbons (Fsp3) is 0.609. The number of amides is 1. The Bertz CT molecular complexity index is 1080. The summed E-state index contributed by atoms with van der Waals surface area (Å²) in [6.07, 6.45) is 4.99. The molecule has 0 saturated carbocycles. The molecule has 5 heterocycles. The number of aliphatic hydroxyl groups is 1. The summed E-state index contributed by atoms with van der Waals surface area (Å²) in [4.78, 5) is 37.3. The van der Waals surface area contributed by atoms with Gasteiger partial charge in [-0.2, -0.15) is 4.98 Å². The van der Waals surface area contributed by atoms with Gasteiger partial charge in [0.15, 0.2) is 0 Å². The number of fused-ring (bicyclic) bond motifs is 1. The first-order chi connectivity index (χ1) is 16.2. The molecule has 1 atom stereocenters. The lowest BCUT2D eigenvalue weighted by atomic mass is 9.99. The minimum absolute atomic E-state index is 0.222. The molecule has 0 spiro atoms. The van der Waals surface area contributed by atoms with Gasteiger partial charge in [0.1, 0.15) is 11.4 Å². The zero-order valence-corrected chi connectivity index (χ0v) is 20.0. The third-order valence-corrected chi connectivity index (χ3v) is 6.97. The van der Waals surface area contributed by atoms with Gasteiger partial charge in [-0.15, -0.1) is 0 Å². The number of aromatic nitrogens is 4. The Balaban J connectivity index is 1.53. The van der Waals surface area contributed by atoms with E-state index in [2.05, 4.69) is 26.7 Å². The van der Waals surface area contributed by atoms with Gasteiger partial charge in [0.05, 0.1) is 24.4 Å². The highest BCUT2D eigenvalue weighted by Crippen LogP contribution is 2.41. The second kappa shape index (κ2) is 8.31. The lowest BCUT2D eigenvalue weighted by molar-refractivity contribution is -0.146. The molecule has 0 radical (unpaired) electrons. The lowest BCUT2D eigenvalue weighted by Gasteiger charge is -2.38. The van der Waals surface area contributed by atoms with Crippen LogP contribution in [0.25, 0.3) is 11.3 Å². The van der Waals surface area contributed by atoms with Gasteiger partial charge < -0.3 is 30.3 Å². The summed E-state index contributed by atoms with van der Waals surface area (Å²) in [7, 11) is 0. The molecule has 0 unspecified atom stereocenters. The first-order valence-electron chi connectivity index (χ1n) is 11.8. The SMILES string of the molecule is CC(C)(O)C(=O)N1CC[C@](C)(N2CCc3c(-c4cnc(N)nc4)nc(N4CCOCC4)nc32)C1. The molecule has 2 fully saturated rings. The maximum absolute atomic E-state index is 12.7. The van der Waals surface area contributed by atoms with Crippen LogP contribution < -0.4 is 15.5 Å². The maximum atomic E-state index is 12.7. The van der Waals surface area contributed by atoms with E-state index in [1.807, 2.05) is 0 Å². The highest BCUT2D eigenvalue weighted by Gasteiger charge is 2.46. The molecular formula is C23H32N8O3. The lowest BCUT2D eigenvalue weighted by Crippen LogP contribution is -2.51. The molecule has 182 valence electrons. The van der Waals surface area contributed by atoms with E-state index < -0.39 is 5.60 Å². The number of hydrogen-bond donors (Lipinski definition) is 2. The molecule has 3 aliphatic rings. The fourth-order valence-corrected chi connectivity index (χ4v) is 5.10. The van der Waals surface area contributed by atoms with E-state index in [1.165, 1.54) is 0 Å². The van der Waals surface area contributed by atoms with Crippen LogP contribution in [0.5, 0.6) is 0 Å². The molecular weight excluding hydrogens is 436 g/mol. The van der Waals surface area contributed by atoms with E-state index in [1.54, 1.807) is 31.1 Å². The van der Waals surface area contributed by atoms with Gasteiger partial charge in [-0.3, -0.25) is 4.79 Å². The molecule has 2 aromatic heterocycles. The van der Waals surface area contributed by atoms with Crippen LogP contribution >= 0.6 is 0 Å². The number of nitrogen functional groups attached to an aromatic ring is 1. The van der Waals surface area contributed by atoms with Crippen molar-refractivity contribution in [2.45, 2.75) is 44.8 Å². The van der Waals surface area contributed by atoms with Crippen LogP contribution in [0, 0.1) is 0 Å². The van der Waals surface area contributed by atoms with Gasteiger partial charge in [0.2, 0.25) is 11.9 Å². The number of likely N-dealkylation sites (tertiary alicyclic amines) is 1. The monoisotopic (exact) mass is 468 g/mol. The topological polar surface area (TPSA) is 134 Å². The Morgan fingerprint density at radius 1 is 1.15 bits per heavy atom. The summed E-state index contributed by atoms with van der Waals surface area (Å²) in [5, 5.41) is 10.2. The summed E-state index contributed by atoms with van der Waals surface area (Å²) in [5.41, 5.74) is 6.72. The van der Waals surface area contributed by atoms with Crippen LogP contribution in [-0.4, -0.2) is 92.9 Å². The maximum Gasteiger partial charge on any atom is 0.254 e. The number of rotatable bonds is 4. The van der Waals surface area contributed by atoms with Crippen molar-refractivity contribution in [3.05, 3.63) is 18.0 Å². The van der Waals surface area contributed by atoms with Crippen molar-refractivity contribution in [2.24, 2.45) is 0 Å². The van der Waals surface area contributed by atoms with E-state index in [4.69, 9.17) is 20.4 Å². The van der Waals surface area contributed by atoms with Gasteiger partial charge >= 0.3 is 0 Å². The highest BCUT2D eigenvalue weighted by atomic mass is 16.5. The second-order valence-electron chi connectivity index (χ2n) is 10.0. The van der Waals surface area contributed by atoms with Crippen LogP contribution in [0.15, 0.2) is 12.4 Å². The number of carbonyl (C=O) groups excluding carboxylic acids is 1. The van der Waals surface area contributed by atoms with E-state index in [0.717, 1.165) is 55.1 Å². The predicted molar refractivity (Wildman–Crippen MR) is 127 cm³/mol. The number of nitrogens with two attached hydrogens (primary N) is 1. The molecule has 0 aromatic carbocycles. The van der Waals surface area contributed by atoms with Gasteiger partial charge in [-0.05, 0) is 33.6 Å². The molecule has 1 amide bonds. The molecule has 5 rings (SSSR count). The smallest absolute Gasteiger partial charge is 0.254 e. The van der Waals surface area contributed by atoms with Gasteiger partial charge in [-0.1, -0.05) is 0 Å². The number of ether oxygens (including phenoxy) is 1. The molecule has 3 aliphatic heterocycles. The standard InChI is InChI=1S/C23H32N8O3/c1-22(2,33)19(32)30-7-5-23(3,14-30)31-6-4-16-17(15-12-25-20(24)26-13-15)27-21(28-18(16)31)29-8-10-34-11-9-29/h12-13,33H,4-11,14H2,1-3H3,(H2,24,25,26)/t23-/m0/s1. The molecule has 34 heavy (non-hydrogen) atoms. The summed E-state index contributed by atoms with van der Waals surface area (Å²) < 4.78 is 5.52. The van der Waals surface area contributed by atoms with Crippen molar-refractivity contribution < 1.29 is 14.6 Å². The zero-order valence-electron chi connectivity index (χ0n) is 20.0. The minimum Gasteiger partial charge on any atom is -0.381 e. The number of hydrogen-bond acceptors (Lipinski definition) is 10. The minimum atomic E-state index is -1.39.